The summed E-state index contributed by atoms with van der Waals surface area (Å²) in [6.07, 6.45) is 4.53. The number of amides is 1. The topological polar surface area (TPSA) is 38.3 Å². The van der Waals surface area contributed by atoms with Gasteiger partial charge in [0.1, 0.15) is 5.75 Å². The first-order valence-electron chi connectivity index (χ1n) is 6.87. The van der Waals surface area contributed by atoms with Gasteiger partial charge in [0, 0.05) is 16.4 Å². The van der Waals surface area contributed by atoms with E-state index in [1.807, 2.05) is 6.07 Å². The van der Waals surface area contributed by atoms with Crippen LogP contribution in [0.5, 0.6) is 5.75 Å². The zero-order chi connectivity index (χ0) is 14.5. The molecule has 5 heteroatoms. The van der Waals surface area contributed by atoms with E-state index in [1.54, 1.807) is 19.2 Å². The third-order valence-corrected chi connectivity index (χ3v) is 4.82. The van der Waals surface area contributed by atoms with Crippen LogP contribution in [0.25, 0.3) is 0 Å². The van der Waals surface area contributed by atoms with Gasteiger partial charge in [-0.05, 0) is 37.0 Å². The van der Waals surface area contributed by atoms with E-state index >= 15 is 0 Å². The largest absolute Gasteiger partial charge is 0.496 e. The van der Waals surface area contributed by atoms with Crippen molar-refractivity contribution in [3.05, 3.63) is 28.2 Å². The molecule has 1 N–H and O–H groups in total. The minimum absolute atomic E-state index is 0.108. The number of hydrogen-bond donors (Lipinski definition) is 1. The Morgan fingerprint density at radius 3 is 2.90 bits per heavy atom. The number of alkyl halides is 1. The second kappa shape index (κ2) is 7.32. The summed E-state index contributed by atoms with van der Waals surface area (Å²) in [5, 5.41) is 3.15. The summed E-state index contributed by atoms with van der Waals surface area (Å²) in [6, 6.07) is 5.39. The Morgan fingerprint density at radius 1 is 1.45 bits per heavy atom. The van der Waals surface area contributed by atoms with Gasteiger partial charge in [-0.2, -0.15) is 0 Å². The fourth-order valence-corrected chi connectivity index (χ4v) is 3.27. The van der Waals surface area contributed by atoms with E-state index in [0.29, 0.717) is 23.8 Å². The monoisotopic (exact) mass is 359 g/mol. The van der Waals surface area contributed by atoms with Crippen molar-refractivity contribution in [2.24, 2.45) is 5.92 Å². The van der Waals surface area contributed by atoms with Crippen LogP contribution in [-0.2, 0) is 0 Å². The zero-order valence-electron chi connectivity index (χ0n) is 11.5. The predicted molar refractivity (Wildman–Crippen MR) is 84.6 cm³/mol. The summed E-state index contributed by atoms with van der Waals surface area (Å²) in [5.74, 6) is 0.836. The lowest BCUT2D eigenvalue weighted by molar-refractivity contribution is 0.0941. The number of nitrogens with one attached hydrogen (secondary N) is 1. The van der Waals surface area contributed by atoms with E-state index in [-0.39, 0.29) is 11.3 Å². The van der Waals surface area contributed by atoms with Gasteiger partial charge in [-0.15, -0.1) is 11.6 Å². The molecule has 1 aliphatic rings. The molecule has 0 spiro atoms. The lowest BCUT2D eigenvalue weighted by Crippen LogP contribution is -2.34. The number of carbonyl (C=O) groups is 1. The number of halogens is 2. The molecule has 0 aromatic heterocycles. The molecule has 0 saturated heterocycles. The average Bonchev–Trinajstić information content (AvgIpc) is 2.46. The summed E-state index contributed by atoms with van der Waals surface area (Å²) >= 11 is 9.68. The minimum Gasteiger partial charge on any atom is -0.496 e. The maximum atomic E-state index is 12.2. The van der Waals surface area contributed by atoms with Crippen molar-refractivity contribution in [1.82, 2.24) is 5.32 Å². The highest BCUT2D eigenvalue weighted by Crippen LogP contribution is 2.28. The maximum Gasteiger partial charge on any atom is 0.255 e. The SMILES string of the molecule is COc1cc(Br)ccc1C(=O)NCC1CCCCC1Cl. The lowest BCUT2D eigenvalue weighted by Gasteiger charge is -2.27. The highest BCUT2D eigenvalue weighted by Gasteiger charge is 2.24. The Labute approximate surface area is 133 Å². The molecule has 2 unspecified atom stereocenters. The molecular formula is C15H19BrClNO2. The average molecular weight is 361 g/mol. The number of rotatable bonds is 4. The Morgan fingerprint density at radius 2 is 2.20 bits per heavy atom. The van der Waals surface area contributed by atoms with Crippen molar-refractivity contribution < 1.29 is 9.53 Å². The molecular weight excluding hydrogens is 342 g/mol. The molecule has 0 aliphatic heterocycles. The van der Waals surface area contributed by atoms with Crippen LogP contribution in [0, 0.1) is 5.92 Å². The Bertz CT molecular complexity index is 481. The summed E-state index contributed by atoms with van der Waals surface area (Å²) < 4.78 is 6.13. The summed E-state index contributed by atoms with van der Waals surface area (Å²) in [5.41, 5.74) is 0.553. The first kappa shape index (κ1) is 15.6. The molecule has 1 saturated carbocycles. The fraction of sp³-hybridized carbons (Fsp3) is 0.533. The quantitative estimate of drug-likeness (QED) is 0.825. The van der Waals surface area contributed by atoms with Gasteiger partial charge in [-0.3, -0.25) is 4.79 Å². The van der Waals surface area contributed by atoms with E-state index in [4.69, 9.17) is 16.3 Å². The Hall–Kier alpha value is -0.740. The Kier molecular flexibility index (Phi) is 5.73. The second-order valence-corrected chi connectivity index (χ2v) is 6.59. The third kappa shape index (κ3) is 3.89. The van der Waals surface area contributed by atoms with Crippen LogP contribution >= 0.6 is 27.5 Å². The molecule has 1 fully saturated rings. The van der Waals surface area contributed by atoms with E-state index in [1.165, 1.54) is 12.8 Å². The van der Waals surface area contributed by atoms with Crippen LogP contribution in [0.3, 0.4) is 0 Å². The molecule has 2 atom stereocenters. The van der Waals surface area contributed by atoms with Gasteiger partial charge >= 0.3 is 0 Å². The highest BCUT2D eigenvalue weighted by molar-refractivity contribution is 9.10. The molecule has 1 aromatic rings. The number of ether oxygens (including phenoxy) is 1. The lowest BCUT2D eigenvalue weighted by atomic mass is 9.88. The number of carbonyl (C=O) groups excluding carboxylic acids is 1. The summed E-state index contributed by atoms with van der Waals surface area (Å²) in [6.45, 7) is 0.631. The van der Waals surface area contributed by atoms with Gasteiger partial charge in [0.25, 0.3) is 5.91 Å². The number of methoxy groups -OCH3 is 1. The van der Waals surface area contributed by atoms with Crippen LogP contribution in [-0.4, -0.2) is 24.9 Å². The molecule has 0 heterocycles. The van der Waals surface area contributed by atoms with E-state index in [2.05, 4.69) is 21.2 Å². The molecule has 110 valence electrons. The fourth-order valence-electron chi connectivity index (χ4n) is 2.56. The van der Waals surface area contributed by atoms with Crippen molar-refractivity contribution >= 4 is 33.4 Å². The normalized spacial score (nSPS) is 22.4. The van der Waals surface area contributed by atoms with Crippen molar-refractivity contribution in [3.8, 4) is 5.75 Å². The zero-order valence-corrected chi connectivity index (χ0v) is 13.8. The van der Waals surface area contributed by atoms with Gasteiger partial charge in [0.15, 0.2) is 0 Å². The molecule has 1 amide bonds. The van der Waals surface area contributed by atoms with Crippen LogP contribution in [0.1, 0.15) is 36.0 Å². The predicted octanol–water partition coefficient (Wildman–Crippen LogP) is 3.99. The second-order valence-electron chi connectivity index (χ2n) is 5.12. The van der Waals surface area contributed by atoms with Gasteiger partial charge < -0.3 is 10.1 Å². The van der Waals surface area contributed by atoms with Crippen LogP contribution in [0.4, 0.5) is 0 Å². The van der Waals surface area contributed by atoms with Crippen molar-refractivity contribution in [2.75, 3.05) is 13.7 Å². The van der Waals surface area contributed by atoms with Crippen molar-refractivity contribution in [2.45, 2.75) is 31.1 Å². The Balaban J connectivity index is 1.98. The van der Waals surface area contributed by atoms with Crippen LogP contribution in [0.15, 0.2) is 22.7 Å². The summed E-state index contributed by atoms with van der Waals surface area (Å²) in [7, 11) is 1.56. The molecule has 1 aromatic carbocycles. The number of benzene rings is 1. The number of hydrogen-bond acceptors (Lipinski definition) is 2. The van der Waals surface area contributed by atoms with Crippen molar-refractivity contribution in [3.63, 3.8) is 0 Å². The third-order valence-electron chi connectivity index (χ3n) is 3.75. The van der Waals surface area contributed by atoms with E-state index in [9.17, 15) is 4.79 Å². The molecule has 0 radical (unpaired) electrons. The molecule has 0 bridgehead atoms. The minimum atomic E-state index is -0.108. The first-order chi connectivity index (χ1) is 9.61. The molecule has 20 heavy (non-hydrogen) atoms. The summed E-state index contributed by atoms with van der Waals surface area (Å²) in [4.78, 5) is 12.2. The van der Waals surface area contributed by atoms with E-state index < -0.39 is 0 Å². The van der Waals surface area contributed by atoms with Crippen molar-refractivity contribution in [1.29, 1.82) is 0 Å². The highest BCUT2D eigenvalue weighted by atomic mass is 79.9. The van der Waals surface area contributed by atoms with Gasteiger partial charge in [-0.25, -0.2) is 0 Å². The standard InChI is InChI=1S/C15H19BrClNO2/c1-20-14-8-11(16)6-7-12(14)15(19)18-9-10-4-2-3-5-13(10)17/h6-8,10,13H,2-5,9H2,1H3,(H,18,19). The van der Waals surface area contributed by atoms with Gasteiger partial charge in [0.2, 0.25) is 0 Å². The molecule has 3 nitrogen and oxygen atoms in total. The van der Waals surface area contributed by atoms with Crippen LogP contribution < -0.4 is 10.1 Å². The van der Waals surface area contributed by atoms with E-state index in [0.717, 1.165) is 17.3 Å². The smallest absolute Gasteiger partial charge is 0.255 e. The van der Waals surface area contributed by atoms with Gasteiger partial charge in [-0.1, -0.05) is 28.8 Å². The first-order valence-corrected chi connectivity index (χ1v) is 8.10. The van der Waals surface area contributed by atoms with Crippen LogP contribution in [0.2, 0.25) is 0 Å². The van der Waals surface area contributed by atoms with Gasteiger partial charge in [0.05, 0.1) is 12.7 Å². The molecule has 2 rings (SSSR count). The maximum absolute atomic E-state index is 12.2. The molecule has 1 aliphatic carbocycles.